The zero-order valence-electron chi connectivity index (χ0n) is 29.6. The summed E-state index contributed by atoms with van der Waals surface area (Å²) in [4.78, 5) is 5.96. The van der Waals surface area contributed by atoms with Gasteiger partial charge in [-0.05, 0) is 0 Å². The molecule has 2 unspecified atom stereocenters. The minimum Gasteiger partial charge on any atom is -1.00 e. The topological polar surface area (TPSA) is 0 Å². The van der Waals surface area contributed by atoms with Crippen LogP contribution in [0.3, 0.4) is 0 Å². The molecule has 51 heavy (non-hydrogen) atoms. The maximum absolute atomic E-state index is 2.59. The summed E-state index contributed by atoms with van der Waals surface area (Å²) in [5.74, 6) is 0. The van der Waals surface area contributed by atoms with Crippen molar-refractivity contribution in [3.63, 3.8) is 0 Å². The molecule has 2 aliphatic carbocycles. The molecule has 2 atom stereocenters. The summed E-state index contributed by atoms with van der Waals surface area (Å²) in [6.07, 6.45) is 9.87. The number of hydrogen-bond acceptors (Lipinski definition) is 2. The Morgan fingerprint density at radius 1 is 0.510 bits per heavy atom. The summed E-state index contributed by atoms with van der Waals surface area (Å²) in [6, 6.07) is 42.1. The number of benzene rings is 4. The first-order valence-electron chi connectivity index (χ1n) is 17.8. The number of rotatable bonds is 10. The molecule has 8 rings (SSSR count). The van der Waals surface area contributed by atoms with Crippen molar-refractivity contribution in [2.24, 2.45) is 0 Å². The van der Waals surface area contributed by atoms with Gasteiger partial charge >= 0.3 is 314 Å². The molecule has 0 saturated carbocycles. The number of thiophene rings is 2. The molecule has 2 aliphatic rings. The van der Waals surface area contributed by atoms with E-state index >= 15 is 0 Å². The Labute approximate surface area is 336 Å². The standard InChI is InChI=1S/2C23H21S.2ClH.Zr/c2*1-3-5-20-12-13-23(24-20)19-14-18-6-4-7-21(22(18)15-19)17-10-8-16(2)9-11-17;;;/h2*4,6-15H,3,5H2,1-2H3;2*1H;/q;;;;+2/p-2. The van der Waals surface area contributed by atoms with Gasteiger partial charge in [-0.2, -0.15) is 0 Å². The minimum atomic E-state index is -1.18. The van der Waals surface area contributed by atoms with Crippen LogP contribution in [-0.2, 0) is 36.1 Å². The van der Waals surface area contributed by atoms with E-state index in [9.17, 15) is 0 Å². The van der Waals surface area contributed by atoms with E-state index in [-0.39, 0.29) is 24.8 Å². The van der Waals surface area contributed by atoms with E-state index in [1.165, 1.54) is 76.9 Å². The van der Waals surface area contributed by atoms with Crippen molar-refractivity contribution in [3.05, 3.63) is 162 Å². The Bertz CT molecular complexity index is 2040. The molecule has 6 aromatic rings. The zero-order chi connectivity index (χ0) is 33.5. The molecule has 0 N–H and O–H groups in total. The van der Waals surface area contributed by atoms with Crippen molar-refractivity contribution in [2.45, 2.75) is 60.6 Å². The molecule has 0 radical (unpaired) electrons. The Kier molecular flexibility index (Phi) is 12.3. The van der Waals surface area contributed by atoms with Gasteiger partial charge in [0.15, 0.2) is 0 Å². The Morgan fingerprint density at radius 3 is 1.31 bits per heavy atom. The molecule has 0 aliphatic heterocycles. The van der Waals surface area contributed by atoms with Crippen LogP contribution < -0.4 is 24.8 Å². The van der Waals surface area contributed by atoms with Gasteiger partial charge in [0.1, 0.15) is 0 Å². The van der Waals surface area contributed by atoms with Crippen molar-refractivity contribution in [3.8, 4) is 22.3 Å². The molecule has 0 saturated heterocycles. The van der Waals surface area contributed by atoms with Crippen LogP contribution in [0, 0.1) is 13.8 Å². The van der Waals surface area contributed by atoms with Gasteiger partial charge in [0, 0.05) is 0 Å². The summed E-state index contributed by atoms with van der Waals surface area (Å²) in [6.45, 7) is 8.95. The normalized spacial score (nSPS) is 15.6. The van der Waals surface area contributed by atoms with E-state index in [0.717, 1.165) is 12.8 Å². The number of allylic oxidation sites excluding steroid dienone is 2. The van der Waals surface area contributed by atoms with E-state index in [4.69, 9.17) is 0 Å². The number of aryl methyl sites for hydroxylation is 4. The van der Waals surface area contributed by atoms with Crippen LogP contribution in [0.4, 0.5) is 0 Å². The van der Waals surface area contributed by atoms with Crippen molar-refractivity contribution in [1.82, 2.24) is 0 Å². The summed E-state index contributed by atoms with van der Waals surface area (Å²) in [5.41, 5.74) is 17.1. The quantitative estimate of drug-likeness (QED) is 0.133. The molecular formula is C46H42Cl2S2Zr. The molecule has 0 spiro atoms. The third-order valence-corrected chi connectivity index (χ3v) is 17.2. The largest absolute Gasteiger partial charge is 1.00 e. The summed E-state index contributed by atoms with van der Waals surface area (Å²) in [5, 5.41) is 0. The maximum atomic E-state index is 2.59. The first-order valence-corrected chi connectivity index (χ1v) is 22.2. The second-order valence-corrected chi connectivity index (χ2v) is 19.6. The van der Waals surface area contributed by atoms with E-state index in [0.29, 0.717) is 7.25 Å². The Balaban J connectivity index is 0.00000224. The summed E-state index contributed by atoms with van der Waals surface area (Å²) in [7, 11) is 0. The molecule has 2 heterocycles. The van der Waals surface area contributed by atoms with Crippen LogP contribution in [0.2, 0.25) is 0 Å². The molecule has 5 heteroatoms. The van der Waals surface area contributed by atoms with Crippen LogP contribution in [0.25, 0.3) is 45.6 Å². The fourth-order valence-corrected chi connectivity index (χ4v) is 15.4. The predicted octanol–water partition coefficient (Wildman–Crippen LogP) is 7.65. The smallest absolute Gasteiger partial charge is 1.00 e. The van der Waals surface area contributed by atoms with E-state index < -0.39 is 23.2 Å². The Morgan fingerprint density at radius 2 is 0.922 bits per heavy atom. The molecule has 256 valence electrons. The average molecular weight is 821 g/mol. The number of hydrogen-bond donors (Lipinski definition) is 0. The molecule has 0 fully saturated rings. The molecule has 2 aromatic heterocycles. The molecule has 4 aromatic carbocycles. The van der Waals surface area contributed by atoms with Crippen molar-refractivity contribution < 1.29 is 48.0 Å². The van der Waals surface area contributed by atoms with Crippen LogP contribution in [0.15, 0.2) is 109 Å². The zero-order valence-corrected chi connectivity index (χ0v) is 35.2. The van der Waals surface area contributed by atoms with E-state index in [1.807, 2.05) is 22.7 Å². The number of halogens is 2. The van der Waals surface area contributed by atoms with Crippen LogP contribution in [0.1, 0.15) is 86.8 Å². The monoisotopic (exact) mass is 818 g/mol. The minimum absolute atomic E-state index is 0. The number of fused-ring (bicyclic) bond motifs is 2. The fourth-order valence-electron chi connectivity index (χ4n) is 7.55. The van der Waals surface area contributed by atoms with Gasteiger partial charge in [-0.25, -0.2) is 0 Å². The third kappa shape index (κ3) is 7.53. The van der Waals surface area contributed by atoms with Crippen LogP contribution in [0.5, 0.6) is 0 Å². The van der Waals surface area contributed by atoms with Gasteiger partial charge in [-0.1, -0.05) is 0 Å². The molecule has 0 amide bonds. The van der Waals surface area contributed by atoms with Crippen LogP contribution >= 0.6 is 22.7 Å². The van der Waals surface area contributed by atoms with Crippen LogP contribution in [-0.4, -0.2) is 0 Å². The van der Waals surface area contributed by atoms with Crippen molar-refractivity contribution in [2.75, 3.05) is 0 Å². The predicted molar refractivity (Wildman–Crippen MR) is 211 cm³/mol. The SMILES string of the molecule is CCCc1ccc(C2=Cc3c(-c4ccc(C)cc4)cccc3[CH]2[Zr+2][CH]2C(c3ccc(CCC)s3)=Cc3c(-c4ccc(C)cc4)cccc32)s1.[Cl-].[Cl-]. The molecule has 0 nitrogen and oxygen atoms in total. The van der Waals surface area contributed by atoms with E-state index in [2.05, 4.69) is 149 Å². The van der Waals surface area contributed by atoms with Gasteiger partial charge in [0.25, 0.3) is 0 Å². The fraction of sp³-hybridized carbons (Fsp3) is 0.217. The first-order chi connectivity index (χ1) is 24.0. The van der Waals surface area contributed by atoms with Crippen molar-refractivity contribution in [1.29, 1.82) is 0 Å². The summed E-state index contributed by atoms with van der Waals surface area (Å²) < 4.78 is 0.962. The average Bonchev–Trinajstić information content (AvgIpc) is 3.92. The first kappa shape index (κ1) is 38.0. The maximum Gasteiger partial charge on any atom is -1.00 e. The molecular weight excluding hydrogens is 779 g/mol. The second kappa shape index (κ2) is 16.5. The van der Waals surface area contributed by atoms with Gasteiger partial charge in [-0.3, -0.25) is 0 Å². The third-order valence-electron chi connectivity index (χ3n) is 10.1. The van der Waals surface area contributed by atoms with Crippen molar-refractivity contribution >= 4 is 46.0 Å². The van der Waals surface area contributed by atoms with Gasteiger partial charge in [0.2, 0.25) is 0 Å². The van der Waals surface area contributed by atoms with Gasteiger partial charge in [-0.15, -0.1) is 0 Å². The molecule has 0 bridgehead atoms. The second-order valence-electron chi connectivity index (χ2n) is 13.6. The Hall–Kier alpha value is -2.78. The van der Waals surface area contributed by atoms with Gasteiger partial charge in [0.05, 0.1) is 0 Å². The van der Waals surface area contributed by atoms with E-state index in [1.54, 1.807) is 22.3 Å². The van der Waals surface area contributed by atoms with Gasteiger partial charge < -0.3 is 24.8 Å². The summed E-state index contributed by atoms with van der Waals surface area (Å²) >= 11 is 2.88.